The summed E-state index contributed by atoms with van der Waals surface area (Å²) in [6, 6.07) is 7.93. The van der Waals surface area contributed by atoms with E-state index in [1.54, 1.807) is 12.1 Å². The van der Waals surface area contributed by atoms with Gasteiger partial charge in [0.15, 0.2) is 0 Å². The van der Waals surface area contributed by atoms with Gasteiger partial charge >= 0.3 is 0 Å². The van der Waals surface area contributed by atoms with Crippen LogP contribution in [0.2, 0.25) is 0 Å². The lowest BCUT2D eigenvalue weighted by Crippen LogP contribution is -2.04. The fourth-order valence-electron chi connectivity index (χ4n) is 1.26. The lowest BCUT2D eigenvalue weighted by molar-refractivity contribution is 0.125. The van der Waals surface area contributed by atoms with Gasteiger partial charge in [-0.05, 0) is 17.7 Å². The average Bonchev–Trinajstić information content (AvgIpc) is 2.67. The van der Waals surface area contributed by atoms with Crippen molar-refractivity contribution in [2.45, 2.75) is 12.5 Å². The SMILES string of the molecule is N#CC1CC(c2ccc(F)cc2)=NO1. The second-order valence-electron chi connectivity index (χ2n) is 2.97. The Morgan fingerprint density at radius 2 is 2.14 bits per heavy atom. The zero-order chi connectivity index (χ0) is 9.97. The van der Waals surface area contributed by atoms with E-state index in [9.17, 15) is 4.39 Å². The van der Waals surface area contributed by atoms with Crippen LogP contribution in [0.3, 0.4) is 0 Å². The Labute approximate surface area is 80.4 Å². The van der Waals surface area contributed by atoms with Gasteiger partial charge in [-0.25, -0.2) is 4.39 Å². The van der Waals surface area contributed by atoms with Crippen molar-refractivity contribution in [1.82, 2.24) is 0 Å². The Balaban J connectivity index is 2.18. The van der Waals surface area contributed by atoms with Gasteiger partial charge in [0.1, 0.15) is 11.9 Å². The summed E-state index contributed by atoms with van der Waals surface area (Å²) < 4.78 is 12.6. The number of nitriles is 1. The van der Waals surface area contributed by atoms with Crippen molar-refractivity contribution in [2.75, 3.05) is 0 Å². The first kappa shape index (κ1) is 8.70. The fraction of sp³-hybridized carbons (Fsp3) is 0.200. The van der Waals surface area contributed by atoms with Crippen molar-refractivity contribution in [3.8, 4) is 6.07 Å². The second kappa shape index (κ2) is 3.46. The van der Waals surface area contributed by atoms with Crippen LogP contribution in [0.4, 0.5) is 4.39 Å². The van der Waals surface area contributed by atoms with Crippen LogP contribution in [-0.4, -0.2) is 11.8 Å². The molecule has 1 heterocycles. The van der Waals surface area contributed by atoms with Crippen LogP contribution in [0.5, 0.6) is 0 Å². The van der Waals surface area contributed by atoms with Crippen LogP contribution in [-0.2, 0) is 4.84 Å². The van der Waals surface area contributed by atoms with Crippen LogP contribution in [0.1, 0.15) is 12.0 Å². The number of hydrogen-bond acceptors (Lipinski definition) is 3. The standard InChI is InChI=1S/C10H7FN2O/c11-8-3-1-7(2-4-8)10-5-9(6-12)14-13-10/h1-4,9H,5H2. The first-order chi connectivity index (χ1) is 6.79. The summed E-state index contributed by atoms with van der Waals surface area (Å²) in [6.45, 7) is 0. The maximum atomic E-state index is 12.6. The quantitative estimate of drug-likeness (QED) is 0.678. The molecule has 0 spiro atoms. The maximum absolute atomic E-state index is 12.6. The summed E-state index contributed by atoms with van der Waals surface area (Å²) in [5.74, 6) is -0.287. The maximum Gasteiger partial charge on any atom is 0.218 e. The van der Waals surface area contributed by atoms with E-state index in [0.717, 1.165) is 5.56 Å². The van der Waals surface area contributed by atoms with Gasteiger partial charge in [0, 0.05) is 6.42 Å². The Morgan fingerprint density at radius 3 is 2.71 bits per heavy atom. The van der Waals surface area contributed by atoms with Crippen molar-refractivity contribution in [3.63, 3.8) is 0 Å². The van der Waals surface area contributed by atoms with Crippen molar-refractivity contribution >= 4 is 5.71 Å². The molecule has 0 aromatic heterocycles. The highest BCUT2D eigenvalue weighted by Crippen LogP contribution is 2.16. The first-order valence-corrected chi connectivity index (χ1v) is 4.18. The number of rotatable bonds is 1. The van der Waals surface area contributed by atoms with Gasteiger partial charge in [-0.2, -0.15) is 5.26 Å². The lowest BCUT2D eigenvalue weighted by Gasteiger charge is -1.97. The average molecular weight is 190 g/mol. The lowest BCUT2D eigenvalue weighted by atomic mass is 10.1. The van der Waals surface area contributed by atoms with E-state index in [2.05, 4.69) is 5.16 Å². The molecule has 0 bridgehead atoms. The zero-order valence-corrected chi connectivity index (χ0v) is 7.27. The Kier molecular flexibility index (Phi) is 2.15. The monoisotopic (exact) mass is 190 g/mol. The number of oxime groups is 1. The minimum atomic E-state index is -0.505. The van der Waals surface area contributed by atoms with Crippen molar-refractivity contribution < 1.29 is 9.23 Å². The molecule has 1 atom stereocenters. The summed E-state index contributed by atoms with van der Waals surface area (Å²) in [6.07, 6.45) is -0.0441. The molecular weight excluding hydrogens is 183 g/mol. The Bertz CT molecular complexity index is 405. The summed E-state index contributed by atoms with van der Waals surface area (Å²) in [4.78, 5) is 4.83. The fourth-order valence-corrected chi connectivity index (χ4v) is 1.26. The molecule has 3 nitrogen and oxygen atoms in total. The highest BCUT2D eigenvalue weighted by Gasteiger charge is 2.21. The van der Waals surface area contributed by atoms with Gasteiger partial charge in [-0.1, -0.05) is 17.3 Å². The molecule has 1 unspecified atom stereocenters. The molecule has 0 radical (unpaired) electrons. The molecule has 0 saturated heterocycles. The molecule has 0 amide bonds. The van der Waals surface area contributed by atoms with Crippen LogP contribution in [0.15, 0.2) is 29.4 Å². The van der Waals surface area contributed by atoms with Crippen LogP contribution >= 0.6 is 0 Å². The topological polar surface area (TPSA) is 45.4 Å². The van der Waals surface area contributed by atoms with Gasteiger partial charge in [0.2, 0.25) is 6.10 Å². The Morgan fingerprint density at radius 1 is 1.43 bits per heavy atom. The van der Waals surface area contributed by atoms with Gasteiger partial charge < -0.3 is 4.84 Å². The molecule has 1 aliphatic rings. The minimum Gasteiger partial charge on any atom is -0.376 e. The van der Waals surface area contributed by atoms with E-state index in [-0.39, 0.29) is 5.82 Å². The largest absolute Gasteiger partial charge is 0.376 e. The summed E-state index contributed by atoms with van der Waals surface area (Å²) in [5, 5.41) is 12.3. The number of nitrogens with zero attached hydrogens (tertiary/aromatic N) is 2. The number of hydrogen-bond donors (Lipinski definition) is 0. The number of halogens is 1. The highest BCUT2D eigenvalue weighted by atomic mass is 19.1. The van der Waals surface area contributed by atoms with Gasteiger partial charge in [0.25, 0.3) is 0 Å². The summed E-state index contributed by atoms with van der Waals surface area (Å²) in [7, 11) is 0. The normalized spacial score (nSPS) is 19.7. The molecule has 0 aliphatic carbocycles. The predicted molar refractivity (Wildman–Crippen MR) is 48.0 cm³/mol. The molecule has 14 heavy (non-hydrogen) atoms. The van der Waals surface area contributed by atoms with E-state index in [4.69, 9.17) is 10.1 Å². The van der Waals surface area contributed by atoms with Crippen LogP contribution < -0.4 is 0 Å². The van der Waals surface area contributed by atoms with E-state index in [1.165, 1.54) is 12.1 Å². The molecule has 0 saturated carbocycles. The van der Waals surface area contributed by atoms with Crippen molar-refractivity contribution in [2.24, 2.45) is 5.16 Å². The first-order valence-electron chi connectivity index (χ1n) is 4.18. The van der Waals surface area contributed by atoms with E-state index < -0.39 is 6.10 Å². The molecule has 0 fully saturated rings. The van der Waals surface area contributed by atoms with E-state index >= 15 is 0 Å². The second-order valence-corrected chi connectivity index (χ2v) is 2.97. The molecule has 2 rings (SSSR count). The molecule has 4 heteroatoms. The molecule has 70 valence electrons. The van der Waals surface area contributed by atoms with Gasteiger partial charge in [0.05, 0.1) is 5.71 Å². The third-order valence-corrected chi connectivity index (χ3v) is 1.99. The van der Waals surface area contributed by atoms with Crippen LogP contribution in [0, 0.1) is 17.1 Å². The smallest absolute Gasteiger partial charge is 0.218 e. The highest BCUT2D eigenvalue weighted by molar-refractivity contribution is 6.01. The third kappa shape index (κ3) is 1.57. The van der Waals surface area contributed by atoms with Crippen molar-refractivity contribution in [1.29, 1.82) is 5.26 Å². The number of benzene rings is 1. The zero-order valence-electron chi connectivity index (χ0n) is 7.27. The predicted octanol–water partition coefficient (Wildman–Crippen LogP) is 1.84. The summed E-state index contributed by atoms with van der Waals surface area (Å²) in [5.41, 5.74) is 1.49. The molecule has 1 aliphatic heterocycles. The Hall–Kier alpha value is -1.89. The van der Waals surface area contributed by atoms with Crippen LogP contribution in [0.25, 0.3) is 0 Å². The molecule has 1 aromatic carbocycles. The minimum absolute atomic E-state index is 0.287. The molecule has 1 aromatic rings. The van der Waals surface area contributed by atoms with Gasteiger partial charge in [-0.15, -0.1) is 0 Å². The van der Waals surface area contributed by atoms with Gasteiger partial charge in [-0.3, -0.25) is 0 Å². The molecular formula is C10H7FN2O. The van der Waals surface area contributed by atoms with E-state index in [0.29, 0.717) is 12.1 Å². The third-order valence-electron chi connectivity index (χ3n) is 1.99. The summed E-state index contributed by atoms with van der Waals surface area (Å²) >= 11 is 0. The molecule has 0 N–H and O–H groups in total. The van der Waals surface area contributed by atoms with Crippen molar-refractivity contribution in [3.05, 3.63) is 35.6 Å². The van der Waals surface area contributed by atoms with E-state index in [1.807, 2.05) is 6.07 Å².